The molecule has 10 heteroatoms. The number of alkyl halides is 6. The Morgan fingerprint density at radius 2 is 1.54 bits per heavy atom. The van der Waals surface area contributed by atoms with Gasteiger partial charge in [0.1, 0.15) is 5.82 Å². The van der Waals surface area contributed by atoms with Gasteiger partial charge in [0, 0.05) is 17.5 Å². The molecule has 1 amide bonds. The Balaban J connectivity index is 1.42. The lowest BCUT2D eigenvalue weighted by molar-refractivity contribution is -0.162. The summed E-state index contributed by atoms with van der Waals surface area (Å²) in [6.07, 6.45) is -8.39. The predicted molar refractivity (Wildman–Crippen MR) is 120 cm³/mol. The van der Waals surface area contributed by atoms with E-state index < -0.39 is 41.0 Å². The number of fused-ring (bicyclic) bond motifs is 1. The minimum Gasteiger partial charge on any atom is -0.367 e. The molecule has 1 fully saturated rings. The molecule has 0 spiro atoms. The van der Waals surface area contributed by atoms with Crippen LogP contribution in [-0.2, 0) is 12.4 Å². The summed E-state index contributed by atoms with van der Waals surface area (Å²) >= 11 is 0. The van der Waals surface area contributed by atoms with Gasteiger partial charge in [-0.15, -0.1) is 0 Å². The van der Waals surface area contributed by atoms with E-state index in [-0.39, 0.29) is 6.04 Å². The monoisotopic (exact) mass is 495 g/mol. The molecular formula is C25H23F6N3O. The normalized spacial score (nSPS) is 18.9. The fraction of sp³-hybridized carbons (Fsp3) is 0.360. The van der Waals surface area contributed by atoms with Crippen LogP contribution in [0.25, 0.3) is 10.9 Å². The molecule has 1 saturated carbocycles. The number of nitrogens with zero attached hydrogens (tertiary/aromatic N) is 1. The van der Waals surface area contributed by atoms with Gasteiger partial charge in [0.25, 0.3) is 5.91 Å². The highest BCUT2D eigenvalue weighted by molar-refractivity contribution is 5.96. The molecular weight excluding hydrogens is 472 g/mol. The fourth-order valence-corrected chi connectivity index (χ4v) is 4.56. The molecule has 0 unspecified atom stereocenters. The quantitative estimate of drug-likeness (QED) is 0.395. The first kappa shape index (κ1) is 24.8. The first-order chi connectivity index (χ1) is 16.4. The van der Waals surface area contributed by atoms with Crippen molar-refractivity contribution in [3.8, 4) is 0 Å². The third-order valence-electron chi connectivity index (χ3n) is 6.24. The molecule has 0 atom stereocenters. The summed E-state index contributed by atoms with van der Waals surface area (Å²) in [5.41, 5.74) is -2.93. The topological polar surface area (TPSA) is 54.0 Å². The van der Waals surface area contributed by atoms with E-state index in [1.165, 1.54) is 0 Å². The van der Waals surface area contributed by atoms with Crippen LogP contribution < -0.4 is 10.6 Å². The van der Waals surface area contributed by atoms with Gasteiger partial charge in [0.05, 0.1) is 22.2 Å². The zero-order valence-electron chi connectivity index (χ0n) is 18.7. The van der Waals surface area contributed by atoms with Crippen LogP contribution in [0.15, 0.2) is 48.5 Å². The number of para-hydroxylation sites is 1. The molecule has 4 nitrogen and oxygen atoms in total. The van der Waals surface area contributed by atoms with E-state index in [1.807, 2.05) is 37.3 Å². The Bertz CT molecular complexity index is 1230. The van der Waals surface area contributed by atoms with Crippen LogP contribution in [0.4, 0.5) is 32.2 Å². The van der Waals surface area contributed by atoms with Crippen molar-refractivity contribution in [2.45, 2.75) is 57.0 Å². The summed E-state index contributed by atoms with van der Waals surface area (Å²) < 4.78 is 79.9. The van der Waals surface area contributed by atoms with Gasteiger partial charge in [-0.05, 0) is 62.4 Å². The maximum absolute atomic E-state index is 13.5. The zero-order valence-corrected chi connectivity index (χ0v) is 18.7. The van der Waals surface area contributed by atoms with E-state index >= 15 is 0 Å². The number of halogens is 6. The predicted octanol–water partition coefficient (Wildman–Crippen LogP) is 6.73. The second kappa shape index (κ2) is 9.39. The van der Waals surface area contributed by atoms with Crippen LogP contribution in [0.2, 0.25) is 0 Å². The molecule has 2 N–H and O–H groups in total. The number of hydrogen-bond donors (Lipinski definition) is 2. The molecule has 186 valence electrons. The van der Waals surface area contributed by atoms with Crippen LogP contribution in [0.5, 0.6) is 0 Å². The number of pyridine rings is 1. The number of aryl methyl sites for hydroxylation is 1. The van der Waals surface area contributed by atoms with Gasteiger partial charge in [-0.3, -0.25) is 4.79 Å². The summed E-state index contributed by atoms with van der Waals surface area (Å²) in [7, 11) is 0. The van der Waals surface area contributed by atoms with Gasteiger partial charge in [-0.25, -0.2) is 4.98 Å². The highest BCUT2D eigenvalue weighted by Gasteiger charge is 2.45. The smallest absolute Gasteiger partial charge is 0.367 e. The van der Waals surface area contributed by atoms with Crippen molar-refractivity contribution in [1.29, 1.82) is 0 Å². The molecule has 3 aromatic rings. The number of rotatable bonds is 4. The first-order valence-electron chi connectivity index (χ1n) is 11.1. The number of aromatic nitrogens is 1. The Hall–Kier alpha value is -3.30. The van der Waals surface area contributed by atoms with Crippen LogP contribution in [0.3, 0.4) is 0 Å². The van der Waals surface area contributed by atoms with Crippen molar-refractivity contribution in [3.05, 3.63) is 70.8 Å². The lowest BCUT2D eigenvalue weighted by Gasteiger charge is -2.30. The number of carbonyl (C=O) groups is 1. The van der Waals surface area contributed by atoms with Gasteiger partial charge in [-0.2, -0.15) is 26.3 Å². The Morgan fingerprint density at radius 1 is 0.886 bits per heavy atom. The molecule has 0 saturated heterocycles. The molecule has 4 rings (SSSR count). The van der Waals surface area contributed by atoms with Crippen LogP contribution >= 0.6 is 0 Å². The summed E-state index contributed by atoms with van der Waals surface area (Å²) in [4.78, 5) is 17.2. The Morgan fingerprint density at radius 3 is 2.20 bits per heavy atom. The first-order valence-corrected chi connectivity index (χ1v) is 11.1. The largest absolute Gasteiger partial charge is 0.417 e. The molecule has 0 aliphatic heterocycles. The molecule has 35 heavy (non-hydrogen) atoms. The molecule has 0 bridgehead atoms. The van der Waals surface area contributed by atoms with Crippen molar-refractivity contribution in [2.24, 2.45) is 0 Å². The molecule has 1 aliphatic rings. The second-order valence-electron chi connectivity index (χ2n) is 8.73. The van der Waals surface area contributed by atoms with E-state index in [2.05, 4.69) is 15.6 Å². The van der Waals surface area contributed by atoms with Crippen molar-refractivity contribution in [1.82, 2.24) is 10.3 Å². The number of benzene rings is 2. The maximum atomic E-state index is 13.5. The van der Waals surface area contributed by atoms with Crippen molar-refractivity contribution in [3.63, 3.8) is 0 Å². The Kier molecular flexibility index (Phi) is 6.66. The highest BCUT2D eigenvalue weighted by atomic mass is 19.4. The van der Waals surface area contributed by atoms with E-state index in [0.717, 1.165) is 28.6 Å². The molecule has 1 aliphatic carbocycles. The minimum absolute atomic E-state index is 0.0514. The molecule has 1 heterocycles. The third kappa shape index (κ3) is 5.52. The van der Waals surface area contributed by atoms with E-state index in [9.17, 15) is 31.1 Å². The van der Waals surface area contributed by atoms with Crippen molar-refractivity contribution in [2.75, 3.05) is 5.32 Å². The number of anilines is 1. The SMILES string of the molecule is Cc1cc(NC2CCC(NC(=O)c3cccc(C(F)(F)F)c3C(F)(F)F)CC2)nc2ccccc12. The summed E-state index contributed by atoms with van der Waals surface area (Å²) in [5.74, 6) is -0.445. The highest BCUT2D eigenvalue weighted by Crippen LogP contribution is 2.42. The van der Waals surface area contributed by atoms with Gasteiger partial charge in [0.15, 0.2) is 0 Å². The lowest BCUT2D eigenvalue weighted by atomic mass is 9.90. The number of hydrogen-bond acceptors (Lipinski definition) is 3. The number of carbonyl (C=O) groups excluding carboxylic acids is 1. The maximum Gasteiger partial charge on any atom is 0.417 e. The number of amides is 1. The lowest BCUT2D eigenvalue weighted by Crippen LogP contribution is -2.41. The van der Waals surface area contributed by atoms with Gasteiger partial charge < -0.3 is 10.6 Å². The summed E-state index contributed by atoms with van der Waals surface area (Å²) in [5, 5.41) is 6.92. The Labute approximate surface area is 197 Å². The van der Waals surface area contributed by atoms with Crippen molar-refractivity contribution >= 4 is 22.6 Å². The number of nitrogens with one attached hydrogen (secondary N) is 2. The average Bonchev–Trinajstić information content (AvgIpc) is 2.79. The van der Waals surface area contributed by atoms with E-state index in [0.29, 0.717) is 37.6 Å². The molecule has 0 radical (unpaired) electrons. The fourth-order valence-electron chi connectivity index (χ4n) is 4.56. The minimum atomic E-state index is -5.33. The molecule has 2 aromatic carbocycles. The summed E-state index contributed by atoms with van der Waals surface area (Å²) in [6, 6.07) is 11.2. The average molecular weight is 495 g/mol. The van der Waals surface area contributed by atoms with Gasteiger partial charge >= 0.3 is 12.4 Å². The van der Waals surface area contributed by atoms with Crippen LogP contribution in [0, 0.1) is 6.92 Å². The van der Waals surface area contributed by atoms with E-state index in [4.69, 9.17) is 0 Å². The van der Waals surface area contributed by atoms with Gasteiger partial charge in [0.2, 0.25) is 0 Å². The van der Waals surface area contributed by atoms with Gasteiger partial charge in [-0.1, -0.05) is 24.3 Å². The summed E-state index contributed by atoms with van der Waals surface area (Å²) in [6.45, 7) is 1.99. The second-order valence-corrected chi connectivity index (χ2v) is 8.73. The standard InChI is InChI=1S/C25H23F6N3O/c1-14-13-21(34-20-8-3-2-5-17(14)20)32-15-9-11-16(12-10-15)33-23(35)18-6-4-7-19(24(26,27)28)22(18)25(29,30)31/h2-8,13,15-16H,9-12H2,1H3,(H,32,34)(H,33,35). The molecule has 1 aromatic heterocycles. The van der Waals surface area contributed by atoms with Crippen LogP contribution in [0.1, 0.15) is 52.7 Å². The zero-order chi connectivity index (χ0) is 25.4. The van der Waals surface area contributed by atoms with E-state index in [1.54, 1.807) is 0 Å². The third-order valence-corrected chi connectivity index (χ3v) is 6.24. The van der Waals surface area contributed by atoms with Crippen molar-refractivity contribution < 1.29 is 31.1 Å². The van der Waals surface area contributed by atoms with Crippen LogP contribution in [-0.4, -0.2) is 23.0 Å².